The van der Waals surface area contributed by atoms with E-state index in [1.807, 2.05) is 6.07 Å². The van der Waals surface area contributed by atoms with E-state index in [9.17, 15) is 14.4 Å². The molecule has 150 valence electrons. The van der Waals surface area contributed by atoms with Gasteiger partial charge in [-0.15, -0.1) is 0 Å². The van der Waals surface area contributed by atoms with Gasteiger partial charge in [-0.3, -0.25) is 14.4 Å². The summed E-state index contributed by atoms with van der Waals surface area (Å²) >= 11 is 24.3. The molecule has 0 aromatic heterocycles. The first kappa shape index (κ1) is 20.7. The maximum absolute atomic E-state index is 12.9. The fourth-order valence-electron chi connectivity index (χ4n) is 3.07. The van der Waals surface area contributed by atoms with E-state index in [1.54, 1.807) is 24.3 Å². The Hall–Kier alpha value is -2.57. The molecule has 0 saturated carbocycles. The number of nitrogens with one attached hydrogen (secondary N) is 1. The Morgan fingerprint density at radius 3 is 1.70 bits per heavy atom. The number of amides is 3. The molecule has 0 spiro atoms. The van der Waals surface area contributed by atoms with Crippen LogP contribution in [-0.2, 0) is 0 Å². The zero-order chi connectivity index (χ0) is 21.6. The molecule has 3 amide bonds. The minimum Gasteiger partial charge on any atom is -0.322 e. The van der Waals surface area contributed by atoms with Crippen LogP contribution >= 0.6 is 46.4 Å². The Balaban J connectivity index is 1.64. The van der Waals surface area contributed by atoms with E-state index in [-0.39, 0.29) is 42.8 Å². The van der Waals surface area contributed by atoms with E-state index >= 15 is 0 Å². The van der Waals surface area contributed by atoms with Crippen LogP contribution in [0.15, 0.2) is 54.6 Å². The van der Waals surface area contributed by atoms with E-state index in [0.29, 0.717) is 11.3 Å². The smallest absolute Gasteiger partial charge is 0.267 e. The van der Waals surface area contributed by atoms with Gasteiger partial charge in [-0.25, -0.2) is 4.90 Å². The summed E-state index contributed by atoms with van der Waals surface area (Å²) in [6, 6.07) is 14.9. The van der Waals surface area contributed by atoms with Crippen molar-refractivity contribution in [2.75, 3.05) is 10.2 Å². The van der Waals surface area contributed by atoms with Gasteiger partial charge in [0.15, 0.2) is 0 Å². The zero-order valence-corrected chi connectivity index (χ0v) is 17.9. The number of carbonyl (C=O) groups excluding carboxylic acids is 3. The standard InChI is InChI=1S/C21H10Cl4N2O3/c22-15-13-14(16(23)18(25)17(15)24)21(30)27(20(13)29)12-8-6-10(7-9-12)19(28)26-11-4-2-1-3-5-11/h1-9H,(H,26,28). The molecule has 0 bridgehead atoms. The van der Waals surface area contributed by atoms with Gasteiger partial charge in [0.05, 0.1) is 36.9 Å². The van der Waals surface area contributed by atoms with E-state index in [1.165, 1.54) is 24.3 Å². The van der Waals surface area contributed by atoms with Crippen molar-refractivity contribution in [3.8, 4) is 0 Å². The van der Waals surface area contributed by atoms with Crippen LogP contribution in [0.3, 0.4) is 0 Å². The molecule has 30 heavy (non-hydrogen) atoms. The van der Waals surface area contributed by atoms with E-state index in [2.05, 4.69) is 5.32 Å². The minimum atomic E-state index is -0.679. The average molecular weight is 480 g/mol. The summed E-state index contributed by atoms with van der Waals surface area (Å²) in [4.78, 5) is 39.1. The lowest BCUT2D eigenvalue weighted by molar-refractivity contribution is 0.0925. The number of halogens is 4. The highest BCUT2D eigenvalue weighted by Crippen LogP contribution is 2.45. The molecule has 1 heterocycles. The molecule has 5 nitrogen and oxygen atoms in total. The van der Waals surface area contributed by atoms with Gasteiger partial charge in [-0.2, -0.15) is 0 Å². The number of anilines is 2. The predicted molar refractivity (Wildman–Crippen MR) is 118 cm³/mol. The molecular formula is C21H10Cl4N2O3. The number of carbonyl (C=O) groups is 3. The van der Waals surface area contributed by atoms with Gasteiger partial charge in [-0.1, -0.05) is 64.6 Å². The van der Waals surface area contributed by atoms with Crippen LogP contribution in [0, 0.1) is 0 Å². The lowest BCUT2D eigenvalue weighted by atomic mass is 10.1. The summed E-state index contributed by atoms with van der Waals surface area (Å²) in [5, 5.41) is 2.28. The van der Waals surface area contributed by atoms with Gasteiger partial charge >= 0.3 is 0 Å². The van der Waals surface area contributed by atoms with Crippen LogP contribution in [0.5, 0.6) is 0 Å². The second kappa shape index (κ2) is 7.93. The summed E-state index contributed by atoms with van der Waals surface area (Å²) in [6.07, 6.45) is 0. The number of hydrogen-bond donors (Lipinski definition) is 1. The summed E-state index contributed by atoms with van der Waals surface area (Å²) in [5.74, 6) is -1.69. The van der Waals surface area contributed by atoms with Crippen LogP contribution < -0.4 is 10.2 Å². The first-order valence-electron chi connectivity index (χ1n) is 8.52. The quantitative estimate of drug-likeness (QED) is 0.270. The maximum Gasteiger partial charge on any atom is 0.267 e. The van der Waals surface area contributed by atoms with Gasteiger partial charge in [0.1, 0.15) is 0 Å². The highest BCUT2D eigenvalue weighted by Gasteiger charge is 2.42. The molecule has 0 unspecified atom stereocenters. The first-order valence-corrected chi connectivity index (χ1v) is 10.0. The van der Waals surface area contributed by atoms with Crippen molar-refractivity contribution in [1.29, 1.82) is 0 Å². The van der Waals surface area contributed by atoms with Crippen molar-refractivity contribution in [3.05, 3.63) is 91.4 Å². The number of benzene rings is 3. The second-order valence-electron chi connectivity index (χ2n) is 6.32. The molecular weight excluding hydrogens is 470 g/mol. The first-order chi connectivity index (χ1) is 14.3. The molecule has 3 aromatic carbocycles. The molecule has 0 radical (unpaired) electrons. The van der Waals surface area contributed by atoms with Crippen LogP contribution in [-0.4, -0.2) is 17.7 Å². The fourth-order valence-corrected chi connectivity index (χ4v) is 4.08. The lowest BCUT2D eigenvalue weighted by Gasteiger charge is -2.14. The number of rotatable bonds is 3. The van der Waals surface area contributed by atoms with Gasteiger partial charge in [0, 0.05) is 11.3 Å². The Labute approximate surface area is 191 Å². The van der Waals surface area contributed by atoms with E-state index in [4.69, 9.17) is 46.4 Å². The molecule has 3 aromatic rings. The van der Waals surface area contributed by atoms with Crippen molar-refractivity contribution in [2.45, 2.75) is 0 Å². The molecule has 0 aliphatic carbocycles. The third kappa shape index (κ3) is 3.34. The Morgan fingerprint density at radius 1 is 0.700 bits per heavy atom. The lowest BCUT2D eigenvalue weighted by Crippen LogP contribution is -2.29. The monoisotopic (exact) mass is 478 g/mol. The number of fused-ring (bicyclic) bond motifs is 1. The molecule has 1 aliphatic heterocycles. The number of imide groups is 1. The normalized spacial score (nSPS) is 12.9. The molecule has 0 fully saturated rings. The third-order valence-electron chi connectivity index (χ3n) is 4.52. The van der Waals surface area contributed by atoms with Crippen LogP contribution in [0.25, 0.3) is 0 Å². The van der Waals surface area contributed by atoms with Crippen LogP contribution in [0.4, 0.5) is 11.4 Å². The summed E-state index contributed by atoms with van der Waals surface area (Å²) in [7, 11) is 0. The Bertz CT molecular complexity index is 1160. The molecule has 4 rings (SSSR count). The second-order valence-corrected chi connectivity index (χ2v) is 7.83. The topological polar surface area (TPSA) is 66.5 Å². The number of hydrogen-bond acceptors (Lipinski definition) is 3. The summed E-state index contributed by atoms with van der Waals surface area (Å²) in [6.45, 7) is 0. The highest BCUT2D eigenvalue weighted by molar-refractivity contribution is 6.56. The molecule has 1 aliphatic rings. The summed E-state index contributed by atoms with van der Waals surface area (Å²) < 4.78 is 0. The van der Waals surface area contributed by atoms with Gasteiger partial charge in [-0.05, 0) is 36.4 Å². The van der Waals surface area contributed by atoms with E-state index in [0.717, 1.165) is 4.90 Å². The fraction of sp³-hybridized carbons (Fsp3) is 0. The molecule has 1 N–H and O–H groups in total. The average Bonchev–Trinajstić information content (AvgIpc) is 3.01. The van der Waals surface area contributed by atoms with Crippen molar-refractivity contribution >= 4 is 75.5 Å². The van der Waals surface area contributed by atoms with Crippen LogP contribution in [0.2, 0.25) is 20.1 Å². The maximum atomic E-state index is 12.9. The van der Waals surface area contributed by atoms with E-state index < -0.39 is 11.8 Å². The van der Waals surface area contributed by atoms with Gasteiger partial charge in [0.2, 0.25) is 0 Å². The minimum absolute atomic E-state index is 0.0991. The molecule has 0 saturated heterocycles. The Morgan fingerprint density at radius 2 is 1.20 bits per heavy atom. The largest absolute Gasteiger partial charge is 0.322 e. The molecule has 9 heteroatoms. The summed E-state index contributed by atoms with van der Waals surface area (Å²) in [5.41, 5.74) is 1.03. The number of nitrogens with zero attached hydrogens (tertiary/aromatic N) is 1. The van der Waals surface area contributed by atoms with Crippen LogP contribution in [0.1, 0.15) is 31.1 Å². The Kier molecular flexibility index (Phi) is 5.47. The zero-order valence-electron chi connectivity index (χ0n) is 14.9. The predicted octanol–water partition coefficient (Wildman–Crippen LogP) is 6.35. The van der Waals surface area contributed by atoms with Crippen molar-refractivity contribution < 1.29 is 14.4 Å². The van der Waals surface area contributed by atoms with Gasteiger partial charge < -0.3 is 5.32 Å². The molecule has 0 atom stereocenters. The SMILES string of the molecule is O=C(Nc1ccccc1)c1ccc(N2C(=O)c3c(Cl)c(Cl)c(Cl)c(Cl)c3C2=O)cc1. The third-order valence-corrected chi connectivity index (χ3v) is 6.32. The van der Waals surface area contributed by atoms with Crippen molar-refractivity contribution in [3.63, 3.8) is 0 Å². The van der Waals surface area contributed by atoms with Gasteiger partial charge in [0.25, 0.3) is 17.7 Å². The highest BCUT2D eigenvalue weighted by atomic mass is 35.5. The van der Waals surface area contributed by atoms with Crippen molar-refractivity contribution in [2.24, 2.45) is 0 Å². The van der Waals surface area contributed by atoms with Crippen molar-refractivity contribution in [1.82, 2.24) is 0 Å². The number of para-hydroxylation sites is 1.